The van der Waals surface area contributed by atoms with E-state index < -0.39 is 12.1 Å². The molecule has 1 fully saturated rings. The third-order valence-corrected chi connectivity index (χ3v) is 2.64. The molecular weight excluding hydrogens is 252 g/mol. The van der Waals surface area contributed by atoms with Gasteiger partial charge in [0.05, 0.1) is 14.2 Å². The molecule has 19 heavy (non-hydrogen) atoms. The second-order valence-electron chi connectivity index (χ2n) is 3.85. The Bertz CT molecular complexity index is 503. The fourth-order valence-corrected chi connectivity index (χ4v) is 1.67. The molecule has 7 nitrogen and oxygen atoms in total. The predicted molar refractivity (Wildman–Crippen MR) is 66.4 cm³/mol. The van der Waals surface area contributed by atoms with Gasteiger partial charge in [-0.25, -0.2) is 4.79 Å². The standard InChI is InChI=1S/C12H14N2O5/c1-17-9-4-3-7(5-10(9)18-2)13-11(15)8-6-19-12(16)14-8/h3-5,8H,6H2,1-2H3,(H,13,15)(H,14,16). The topological polar surface area (TPSA) is 85.9 Å². The number of anilines is 1. The predicted octanol–water partition coefficient (Wildman–Crippen LogP) is 0.751. The first-order chi connectivity index (χ1) is 9.13. The van der Waals surface area contributed by atoms with Crippen molar-refractivity contribution in [1.82, 2.24) is 5.32 Å². The van der Waals surface area contributed by atoms with Gasteiger partial charge in [-0.05, 0) is 12.1 Å². The van der Waals surface area contributed by atoms with Gasteiger partial charge in [0.15, 0.2) is 11.5 Å². The molecular formula is C12H14N2O5. The van der Waals surface area contributed by atoms with Crippen molar-refractivity contribution in [3.8, 4) is 11.5 Å². The van der Waals surface area contributed by atoms with E-state index in [2.05, 4.69) is 15.4 Å². The van der Waals surface area contributed by atoms with Crippen LogP contribution in [0.15, 0.2) is 18.2 Å². The van der Waals surface area contributed by atoms with Crippen LogP contribution in [-0.4, -0.2) is 38.9 Å². The first kappa shape index (κ1) is 13.0. The van der Waals surface area contributed by atoms with Gasteiger partial charge in [0.25, 0.3) is 5.91 Å². The summed E-state index contributed by atoms with van der Waals surface area (Å²) in [5.74, 6) is 0.725. The highest BCUT2D eigenvalue weighted by Gasteiger charge is 2.28. The molecule has 1 aromatic rings. The Morgan fingerprint density at radius 2 is 2.11 bits per heavy atom. The quantitative estimate of drug-likeness (QED) is 0.840. The second kappa shape index (κ2) is 5.47. The Kier molecular flexibility index (Phi) is 3.74. The lowest BCUT2D eigenvalue weighted by Gasteiger charge is -2.12. The number of methoxy groups -OCH3 is 2. The summed E-state index contributed by atoms with van der Waals surface area (Å²) in [6.45, 7) is 0.0258. The number of rotatable bonds is 4. The van der Waals surface area contributed by atoms with E-state index in [1.165, 1.54) is 14.2 Å². The van der Waals surface area contributed by atoms with E-state index >= 15 is 0 Å². The van der Waals surface area contributed by atoms with E-state index in [1.807, 2.05) is 0 Å². The van der Waals surface area contributed by atoms with Crippen molar-refractivity contribution in [1.29, 1.82) is 0 Å². The van der Waals surface area contributed by atoms with Crippen LogP contribution < -0.4 is 20.1 Å². The van der Waals surface area contributed by atoms with Gasteiger partial charge < -0.3 is 24.8 Å². The molecule has 2 amide bonds. The lowest BCUT2D eigenvalue weighted by atomic mass is 10.2. The molecule has 1 heterocycles. The van der Waals surface area contributed by atoms with Crippen molar-refractivity contribution < 1.29 is 23.8 Å². The van der Waals surface area contributed by atoms with Crippen LogP contribution in [0, 0.1) is 0 Å². The Labute approximate surface area is 109 Å². The van der Waals surface area contributed by atoms with E-state index in [-0.39, 0.29) is 12.5 Å². The zero-order valence-electron chi connectivity index (χ0n) is 10.6. The number of nitrogens with one attached hydrogen (secondary N) is 2. The number of hydrogen-bond acceptors (Lipinski definition) is 5. The van der Waals surface area contributed by atoms with Crippen molar-refractivity contribution in [2.24, 2.45) is 0 Å². The van der Waals surface area contributed by atoms with Crippen LogP contribution in [0.5, 0.6) is 11.5 Å². The molecule has 1 aliphatic rings. The number of cyclic esters (lactones) is 1. The summed E-state index contributed by atoms with van der Waals surface area (Å²) in [7, 11) is 3.04. The van der Waals surface area contributed by atoms with Crippen LogP contribution in [0.3, 0.4) is 0 Å². The Morgan fingerprint density at radius 3 is 2.68 bits per heavy atom. The van der Waals surface area contributed by atoms with E-state index in [4.69, 9.17) is 9.47 Å². The zero-order chi connectivity index (χ0) is 13.8. The first-order valence-electron chi connectivity index (χ1n) is 5.60. The minimum absolute atomic E-state index is 0.0258. The fourth-order valence-electron chi connectivity index (χ4n) is 1.67. The number of alkyl carbamates (subject to hydrolysis) is 1. The van der Waals surface area contributed by atoms with Gasteiger partial charge in [-0.15, -0.1) is 0 Å². The third-order valence-electron chi connectivity index (χ3n) is 2.64. The van der Waals surface area contributed by atoms with Gasteiger partial charge in [-0.2, -0.15) is 0 Å². The summed E-state index contributed by atoms with van der Waals surface area (Å²) in [5.41, 5.74) is 0.545. The lowest BCUT2D eigenvalue weighted by Crippen LogP contribution is -2.38. The van der Waals surface area contributed by atoms with Gasteiger partial charge in [0.2, 0.25) is 0 Å². The number of carbonyl (C=O) groups is 2. The van der Waals surface area contributed by atoms with Crippen molar-refractivity contribution in [2.45, 2.75) is 6.04 Å². The molecule has 0 radical (unpaired) electrons. The average Bonchev–Trinajstić information content (AvgIpc) is 2.85. The maximum Gasteiger partial charge on any atom is 0.407 e. The van der Waals surface area contributed by atoms with E-state index in [0.717, 1.165) is 0 Å². The number of amides is 2. The molecule has 0 aliphatic carbocycles. The van der Waals surface area contributed by atoms with Gasteiger partial charge in [-0.3, -0.25) is 4.79 Å². The number of hydrogen-bond donors (Lipinski definition) is 2. The van der Waals surface area contributed by atoms with Crippen LogP contribution >= 0.6 is 0 Å². The Balaban J connectivity index is 2.06. The Morgan fingerprint density at radius 1 is 1.37 bits per heavy atom. The zero-order valence-corrected chi connectivity index (χ0v) is 10.6. The smallest absolute Gasteiger partial charge is 0.407 e. The third kappa shape index (κ3) is 2.87. The molecule has 0 spiro atoms. The monoisotopic (exact) mass is 266 g/mol. The highest BCUT2D eigenvalue weighted by Crippen LogP contribution is 2.29. The second-order valence-corrected chi connectivity index (χ2v) is 3.85. The van der Waals surface area contributed by atoms with Gasteiger partial charge in [0.1, 0.15) is 12.6 Å². The molecule has 2 rings (SSSR count). The van der Waals surface area contributed by atoms with E-state index in [0.29, 0.717) is 17.2 Å². The van der Waals surface area contributed by atoms with Crippen LogP contribution in [-0.2, 0) is 9.53 Å². The molecule has 102 valence electrons. The molecule has 1 atom stereocenters. The molecule has 0 saturated carbocycles. The maximum absolute atomic E-state index is 11.8. The summed E-state index contributed by atoms with van der Waals surface area (Å²) in [4.78, 5) is 22.7. The van der Waals surface area contributed by atoms with Crippen molar-refractivity contribution in [3.05, 3.63) is 18.2 Å². The minimum Gasteiger partial charge on any atom is -0.493 e. The molecule has 2 N–H and O–H groups in total. The molecule has 1 saturated heterocycles. The minimum atomic E-state index is -0.680. The summed E-state index contributed by atoms with van der Waals surface area (Å²) in [6, 6.07) is 4.31. The largest absolute Gasteiger partial charge is 0.493 e. The van der Waals surface area contributed by atoms with Gasteiger partial charge >= 0.3 is 6.09 Å². The average molecular weight is 266 g/mol. The molecule has 7 heteroatoms. The molecule has 1 unspecified atom stereocenters. The van der Waals surface area contributed by atoms with Crippen LogP contribution in [0.25, 0.3) is 0 Å². The fraction of sp³-hybridized carbons (Fsp3) is 0.333. The first-order valence-corrected chi connectivity index (χ1v) is 5.60. The summed E-state index contributed by atoms with van der Waals surface area (Å²) >= 11 is 0. The van der Waals surface area contributed by atoms with Crippen molar-refractivity contribution in [2.75, 3.05) is 26.1 Å². The van der Waals surface area contributed by atoms with Gasteiger partial charge in [0, 0.05) is 11.8 Å². The highest BCUT2D eigenvalue weighted by atomic mass is 16.6. The molecule has 1 aliphatic heterocycles. The number of benzene rings is 1. The van der Waals surface area contributed by atoms with Crippen molar-refractivity contribution >= 4 is 17.7 Å². The normalized spacial score (nSPS) is 17.4. The summed E-state index contributed by atoms with van der Waals surface area (Å²) < 4.78 is 14.9. The van der Waals surface area contributed by atoms with Crippen LogP contribution in [0.2, 0.25) is 0 Å². The van der Waals surface area contributed by atoms with E-state index in [1.54, 1.807) is 18.2 Å². The highest BCUT2D eigenvalue weighted by molar-refractivity contribution is 5.97. The lowest BCUT2D eigenvalue weighted by molar-refractivity contribution is -0.117. The number of ether oxygens (including phenoxy) is 3. The van der Waals surface area contributed by atoms with E-state index in [9.17, 15) is 9.59 Å². The van der Waals surface area contributed by atoms with Crippen LogP contribution in [0.4, 0.5) is 10.5 Å². The Hall–Kier alpha value is -2.44. The van der Waals surface area contributed by atoms with Crippen LogP contribution in [0.1, 0.15) is 0 Å². The maximum atomic E-state index is 11.8. The summed E-state index contributed by atoms with van der Waals surface area (Å²) in [6.07, 6.45) is -0.590. The molecule has 0 aromatic heterocycles. The molecule has 0 bridgehead atoms. The number of carbonyl (C=O) groups excluding carboxylic acids is 2. The summed E-state index contributed by atoms with van der Waals surface area (Å²) in [5, 5.41) is 5.06. The molecule has 1 aromatic carbocycles. The van der Waals surface area contributed by atoms with Gasteiger partial charge in [-0.1, -0.05) is 0 Å². The van der Waals surface area contributed by atoms with Crippen molar-refractivity contribution in [3.63, 3.8) is 0 Å². The SMILES string of the molecule is COc1ccc(NC(=O)C2COC(=O)N2)cc1OC.